The number of hydroxylamine groups is 2. The third kappa shape index (κ3) is 8.97. The average molecular weight is 299 g/mol. The minimum absolute atomic E-state index is 0.00995. The van der Waals surface area contributed by atoms with Crippen LogP contribution in [0.4, 0.5) is 4.79 Å². The molecule has 0 aromatic heterocycles. The Bertz CT molecular complexity index is 265. The molecule has 0 aliphatic carbocycles. The fourth-order valence-corrected chi connectivity index (χ4v) is 2.72. The molecule has 21 heavy (non-hydrogen) atoms. The van der Waals surface area contributed by atoms with Gasteiger partial charge in [0.2, 0.25) is 0 Å². The molecule has 0 aromatic rings. The van der Waals surface area contributed by atoms with Gasteiger partial charge < -0.3 is 9.57 Å². The Balaban J connectivity index is 2.03. The quantitative estimate of drug-likeness (QED) is 0.394. The molecule has 0 spiro atoms. The van der Waals surface area contributed by atoms with Crippen molar-refractivity contribution >= 4 is 6.16 Å². The van der Waals surface area contributed by atoms with Gasteiger partial charge in [-0.05, 0) is 32.1 Å². The van der Waals surface area contributed by atoms with E-state index in [1.54, 1.807) is 5.06 Å². The standard InChI is InChI=1S/C17H33NO3/c1-3-5-6-7-8-9-10-13-16(4-2)20-17(19)21-18-14-11-12-15-18/h16H,3-15H2,1-2H3. The first-order chi connectivity index (χ1) is 10.3. The zero-order valence-corrected chi connectivity index (χ0v) is 13.9. The molecule has 1 fully saturated rings. The molecule has 1 saturated heterocycles. The van der Waals surface area contributed by atoms with Crippen LogP contribution in [-0.2, 0) is 9.57 Å². The first kappa shape index (κ1) is 18.3. The Morgan fingerprint density at radius 1 is 1.00 bits per heavy atom. The number of carbonyl (C=O) groups excluding carboxylic acids is 1. The third-order valence-corrected chi connectivity index (χ3v) is 4.12. The highest BCUT2D eigenvalue weighted by Crippen LogP contribution is 2.15. The van der Waals surface area contributed by atoms with E-state index in [-0.39, 0.29) is 6.10 Å². The molecule has 0 aromatic carbocycles. The van der Waals surface area contributed by atoms with Gasteiger partial charge in [0, 0.05) is 13.1 Å². The maximum absolute atomic E-state index is 11.7. The van der Waals surface area contributed by atoms with Gasteiger partial charge in [-0.15, -0.1) is 5.06 Å². The zero-order valence-electron chi connectivity index (χ0n) is 13.9. The van der Waals surface area contributed by atoms with Crippen molar-refractivity contribution in [3.63, 3.8) is 0 Å². The van der Waals surface area contributed by atoms with Crippen LogP contribution in [0.2, 0.25) is 0 Å². The smallest absolute Gasteiger partial charge is 0.430 e. The lowest BCUT2D eigenvalue weighted by Gasteiger charge is -2.18. The number of hydrogen-bond donors (Lipinski definition) is 0. The topological polar surface area (TPSA) is 38.8 Å². The van der Waals surface area contributed by atoms with Crippen LogP contribution in [0.25, 0.3) is 0 Å². The molecule has 0 saturated carbocycles. The summed E-state index contributed by atoms with van der Waals surface area (Å²) in [5.41, 5.74) is 0. The van der Waals surface area contributed by atoms with E-state index in [9.17, 15) is 4.79 Å². The predicted octanol–water partition coefficient (Wildman–Crippen LogP) is 5.07. The minimum Gasteiger partial charge on any atom is -0.430 e. The number of hydrogen-bond acceptors (Lipinski definition) is 4. The predicted molar refractivity (Wildman–Crippen MR) is 85.1 cm³/mol. The Labute approximate surface area is 130 Å². The van der Waals surface area contributed by atoms with Gasteiger partial charge in [-0.25, -0.2) is 4.79 Å². The van der Waals surface area contributed by atoms with Crippen LogP contribution in [0, 0.1) is 0 Å². The Morgan fingerprint density at radius 3 is 2.24 bits per heavy atom. The summed E-state index contributed by atoms with van der Waals surface area (Å²) in [6, 6.07) is 0. The molecule has 0 radical (unpaired) electrons. The molecule has 0 bridgehead atoms. The summed E-state index contributed by atoms with van der Waals surface area (Å²) in [5.74, 6) is 0. The molecule has 1 aliphatic rings. The second-order valence-electron chi connectivity index (χ2n) is 6.04. The summed E-state index contributed by atoms with van der Waals surface area (Å²) in [7, 11) is 0. The molecule has 0 N–H and O–H groups in total. The van der Waals surface area contributed by atoms with Crippen LogP contribution < -0.4 is 0 Å². The summed E-state index contributed by atoms with van der Waals surface area (Å²) in [6.45, 7) is 5.98. The number of rotatable bonds is 11. The van der Waals surface area contributed by atoms with Gasteiger partial charge in [-0.2, -0.15) is 0 Å². The van der Waals surface area contributed by atoms with E-state index in [2.05, 4.69) is 13.8 Å². The second kappa shape index (κ2) is 11.8. The highest BCUT2D eigenvalue weighted by molar-refractivity contribution is 5.59. The maximum Gasteiger partial charge on any atom is 0.528 e. The van der Waals surface area contributed by atoms with Gasteiger partial charge in [-0.1, -0.05) is 52.4 Å². The van der Waals surface area contributed by atoms with E-state index >= 15 is 0 Å². The summed E-state index contributed by atoms with van der Waals surface area (Å²) in [6.07, 6.45) is 12.5. The van der Waals surface area contributed by atoms with Crippen molar-refractivity contribution in [3.8, 4) is 0 Å². The van der Waals surface area contributed by atoms with E-state index in [1.807, 2.05) is 0 Å². The van der Waals surface area contributed by atoms with Gasteiger partial charge in [0.25, 0.3) is 0 Å². The fourth-order valence-electron chi connectivity index (χ4n) is 2.72. The van der Waals surface area contributed by atoms with Crippen LogP contribution >= 0.6 is 0 Å². The summed E-state index contributed by atoms with van der Waals surface area (Å²) < 4.78 is 5.40. The summed E-state index contributed by atoms with van der Waals surface area (Å²) in [5, 5.41) is 1.71. The molecule has 1 atom stereocenters. The molecule has 1 unspecified atom stereocenters. The van der Waals surface area contributed by atoms with Gasteiger partial charge in [0.1, 0.15) is 6.10 Å². The van der Waals surface area contributed by atoms with Gasteiger partial charge in [0.15, 0.2) is 0 Å². The highest BCUT2D eigenvalue weighted by atomic mass is 16.8. The molecule has 4 heteroatoms. The second-order valence-corrected chi connectivity index (χ2v) is 6.04. The summed E-state index contributed by atoms with van der Waals surface area (Å²) >= 11 is 0. The molecule has 1 rings (SSSR count). The van der Waals surface area contributed by atoms with E-state index in [0.717, 1.165) is 45.2 Å². The minimum atomic E-state index is -0.522. The monoisotopic (exact) mass is 299 g/mol. The normalized spacial score (nSPS) is 16.9. The van der Waals surface area contributed by atoms with Crippen molar-refractivity contribution < 1.29 is 14.4 Å². The number of ether oxygens (including phenoxy) is 1. The van der Waals surface area contributed by atoms with Crippen molar-refractivity contribution in [2.75, 3.05) is 13.1 Å². The Kier molecular flexibility index (Phi) is 10.3. The highest BCUT2D eigenvalue weighted by Gasteiger charge is 2.20. The van der Waals surface area contributed by atoms with E-state index in [1.165, 1.54) is 38.5 Å². The molecule has 0 amide bonds. The van der Waals surface area contributed by atoms with Gasteiger partial charge >= 0.3 is 6.16 Å². The molecule has 124 valence electrons. The number of carbonyl (C=O) groups is 1. The molecule has 4 nitrogen and oxygen atoms in total. The van der Waals surface area contributed by atoms with E-state index in [4.69, 9.17) is 9.57 Å². The van der Waals surface area contributed by atoms with Crippen molar-refractivity contribution in [1.29, 1.82) is 0 Å². The van der Waals surface area contributed by atoms with Crippen LogP contribution in [0.3, 0.4) is 0 Å². The number of nitrogens with zero attached hydrogens (tertiary/aromatic N) is 1. The van der Waals surface area contributed by atoms with Crippen LogP contribution in [0.1, 0.15) is 84.5 Å². The first-order valence-corrected chi connectivity index (χ1v) is 8.89. The Hall–Kier alpha value is -0.770. The largest absolute Gasteiger partial charge is 0.528 e. The maximum atomic E-state index is 11.7. The van der Waals surface area contributed by atoms with Gasteiger partial charge in [-0.3, -0.25) is 0 Å². The molecular formula is C17H33NO3. The lowest BCUT2D eigenvalue weighted by atomic mass is 10.1. The third-order valence-electron chi connectivity index (χ3n) is 4.12. The molecule has 1 heterocycles. The zero-order chi connectivity index (χ0) is 15.3. The van der Waals surface area contributed by atoms with Crippen molar-refractivity contribution in [2.45, 2.75) is 90.6 Å². The number of unbranched alkanes of at least 4 members (excludes halogenated alkanes) is 6. The first-order valence-electron chi connectivity index (χ1n) is 8.89. The fraction of sp³-hybridized carbons (Fsp3) is 0.941. The van der Waals surface area contributed by atoms with Gasteiger partial charge in [0.05, 0.1) is 0 Å². The lowest BCUT2D eigenvalue weighted by Crippen LogP contribution is -2.27. The van der Waals surface area contributed by atoms with E-state index < -0.39 is 6.16 Å². The van der Waals surface area contributed by atoms with Crippen molar-refractivity contribution in [2.24, 2.45) is 0 Å². The Morgan fingerprint density at radius 2 is 1.62 bits per heavy atom. The average Bonchev–Trinajstić information content (AvgIpc) is 2.97. The van der Waals surface area contributed by atoms with Crippen LogP contribution in [0.15, 0.2) is 0 Å². The molecule has 1 aliphatic heterocycles. The van der Waals surface area contributed by atoms with Crippen LogP contribution in [-0.4, -0.2) is 30.4 Å². The lowest BCUT2D eigenvalue weighted by molar-refractivity contribution is -0.121. The van der Waals surface area contributed by atoms with Crippen LogP contribution in [0.5, 0.6) is 0 Å². The van der Waals surface area contributed by atoms with E-state index in [0.29, 0.717) is 0 Å². The molecular weight excluding hydrogens is 266 g/mol. The van der Waals surface area contributed by atoms with Crippen molar-refractivity contribution in [1.82, 2.24) is 5.06 Å². The summed E-state index contributed by atoms with van der Waals surface area (Å²) in [4.78, 5) is 16.9. The SMILES string of the molecule is CCCCCCCCCC(CC)OC(=O)ON1CCCC1. The van der Waals surface area contributed by atoms with Crippen molar-refractivity contribution in [3.05, 3.63) is 0 Å².